The number of benzene rings is 1. The first kappa shape index (κ1) is 18.1. The highest BCUT2D eigenvalue weighted by Crippen LogP contribution is 2.24. The van der Waals surface area contributed by atoms with Gasteiger partial charge in [0.25, 0.3) is 5.91 Å². The minimum absolute atomic E-state index is 0.0330. The van der Waals surface area contributed by atoms with Gasteiger partial charge in [-0.05, 0) is 18.2 Å². The van der Waals surface area contributed by atoms with Crippen molar-refractivity contribution in [1.82, 2.24) is 19.9 Å². The number of carbonyl (C=O) groups is 1. The number of methoxy groups -OCH3 is 1. The highest BCUT2D eigenvalue weighted by molar-refractivity contribution is 5.98. The standard InChI is InChI=1S/C20H23N5O3/c1-24(2)18-10-21-11-19(23-18)28-15-6-7-25(12-15)20(26)17-8-13-4-5-14(27-3)9-16(13)22-17/h4-5,8-11,15,22H,6-7,12H2,1-3H3. The molecule has 1 aliphatic rings. The number of likely N-dealkylation sites (tertiary alicyclic amines) is 1. The van der Waals surface area contributed by atoms with Gasteiger partial charge in [-0.25, -0.2) is 0 Å². The lowest BCUT2D eigenvalue weighted by Crippen LogP contribution is -2.31. The summed E-state index contributed by atoms with van der Waals surface area (Å²) < 4.78 is 11.2. The molecule has 8 heteroatoms. The van der Waals surface area contributed by atoms with E-state index in [1.807, 2.05) is 43.3 Å². The molecular weight excluding hydrogens is 358 g/mol. The molecule has 1 aliphatic heterocycles. The fourth-order valence-electron chi connectivity index (χ4n) is 3.31. The number of ether oxygens (including phenoxy) is 2. The van der Waals surface area contributed by atoms with Crippen LogP contribution < -0.4 is 14.4 Å². The van der Waals surface area contributed by atoms with E-state index >= 15 is 0 Å². The molecule has 8 nitrogen and oxygen atoms in total. The number of nitrogens with one attached hydrogen (secondary N) is 1. The summed E-state index contributed by atoms with van der Waals surface area (Å²) in [7, 11) is 5.43. The minimum atomic E-state index is -0.0971. The summed E-state index contributed by atoms with van der Waals surface area (Å²) in [6, 6.07) is 7.58. The predicted molar refractivity (Wildman–Crippen MR) is 106 cm³/mol. The average Bonchev–Trinajstić information content (AvgIpc) is 3.33. The Kier molecular flexibility index (Phi) is 4.77. The number of nitrogens with zero attached hydrogens (tertiary/aromatic N) is 4. The number of rotatable bonds is 5. The number of anilines is 1. The van der Waals surface area contributed by atoms with Crippen LogP contribution in [0.5, 0.6) is 11.6 Å². The lowest BCUT2D eigenvalue weighted by Gasteiger charge is -2.17. The number of aromatic nitrogens is 3. The van der Waals surface area contributed by atoms with Crippen molar-refractivity contribution in [1.29, 1.82) is 0 Å². The van der Waals surface area contributed by atoms with Gasteiger partial charge in [0.15, 0.2) is 5.82 Å². The van der Waals surface area contributed by atoms with Crippen LogP contribution in [0.2, 0.25) is 0 Å². The number of hydrogen-bond donors (Lipinski definition) is 1. The SMILES string of the molecule is COc1ccc2cc(C(=O)N3CCC(Oc4cncc(N(C)C)n4)C3)[nH]c2c1. The van der Waals surface area contributed by atoms with Crippen molar-refractivity contribution in [2.24, 2.45) is 0 Å². The molecule has 2 aromatic heterocycles. The predicted octanol–water partition coefficient (Wildman–Crippen LogP) is 2.33. The van der Waals surface area contributed by atoms with Crippen LogP contribution >= 0.6 is 0 Å². The van der Waals surface area contributed by atoms with E-state index in [1.54, 1.807) is 24.4 Å². The summed E-state index contributed by atoms with van der Waals surface area (Å²) in [6.45, 7) is 1.16. The van der Waals surface area contributed by atoms with Gasteiger partial charge in [-0.2, -0.15) is 4.98 Å². The van der Waals surface area contributed by atoms with E-state index in [1.165, 1.54) is 0 Å². The van der Waals surface area contributed by atoms with Crippen molar-refractivity contribution >= 4 is 22.6 Å². The molecule has 0 saturated carbocycles. The molecule has 1 amide bonds. The lowest BCUT2D eigenvalue weighted by molar-refractivity contribution is 0.0766. The monoisotopic (exact) mass is 381 g/mol. The minimum Gasteiger partial charge on any atom is -0.497 e. The van der Waals surface area contributed by atoms with Crippen LogP contribution in [-0.4, -0.2) is 66.2 Å². The molecule has 0 bridgehead atoms. The molecule has 4 rings (SSSR count). The molecule has 1 saturated heterocycles. The van der Waals surface area contributed by atoms with Gasteiger partial charge in [0.1, 0.15) is 17.5 Å². The van der Waals surface area contributed by atoms with Crippen molar-refractivity contribution in [2.75, 3.05) is 39.2 Å². The van der Waals surface area contributed by atoms with E-state index in [4.69, 9.17) is 9.47 Å². The molecule has 28 heavy (non-hydrogen) atoms. The van der Waals surface area contributed by atoms with Gasteiger partial charge in [0, 0.05) is 44.0 Å². The molecule has 1 aromatic carbocycles. The highest BCUT2D eigenvalue weighted by Gasteiger charge is 2.29. The van der Waals surface area contributed by atoms with Crippen LogP contribution in [0.25, 0.3) is 10.9 Å². The maximum absolute atomic E-state index is 12.9. The zero-order valence-corrected chi connectivity index (χ0v) is 16.2. The van der Waals surface area contributed by atoms with Crippen LogP contribution in [0.15, 0.2) is 36.7 Å². The molecule has 0 spiro atoms. The van der Waals surface area contributed by atoms with E-state index in [0.717, 1.165) is 28.9 Å². The normalized spacial score (nSPS) is 16.4. The van der Waals surface area contributed by atoms with Crippen molar-refractivity contribution in [3.8, 4) is 11.6 Å². The second-order valence-corrected chi connectivity index (χ2v) is 7.03. The van der Waals surface area contributed by atoms with E-state index in [0.29, 0.717) is 24.7 Å². The Balaban J connectivity index is 1.43. The molecule has 1 fully saturated rings. The number of fused-ring (bicyclic) bond motifs is 1. The summed E-state index contributed by atoms with van der Waals surface area (Å²) in [5, 5.41) is 0.979. The third-order valence-corrected chi connectivity index (χ3v) is 4.84. The zero-order chi connectivity index (χ0) is 19.7. The van der Waals surface area contributed by atoms with Crippen LogP contribution in [-0.2, 0) is 0 Å². The van der Waals surface area contributed by atoms with Crippen LogP contribution in [0, 0.1) is 0 Å². The number of H-pyrrole nitrogens is 1. The fraction of sp³-hybridized carbons (Fsp3) is 0.350. The van der Waals surface area contributed by atoms with Gasteiger partial charge in [-0.3, -0.25) is 9.78 Å². The topological polar surface area (TPSA) is 83.6 Å². The largest absolute Gasteiger partial charge is 0.497 e. The summed E-state index contributed by atoms with van der Waals surface area (Å²) in [4.78, 5) is 28.3. The average molecular weight is 381 g/mol. The molecule has 1 N–H and O–H groups in total. The maximum atomic E-state index is 12.9. The van der Waals surface area contributed by atoms with Gasteiger partial charge in [0.2, 0.25) is 5.88 Å². The first-order chi connectivity index (χ1) is 13.5. The smallest absolute Gasteiger partial charge is 0.270 e. The Morgan fingerprint density at radius 3 is 2.93 bits per heavy atom. The quantitative estimate of drug-likeness (QED) is 0.730. The van der Waals surface area contributed by atoms with E-state index in [-0.39, 0.29) is 12.0 Å². The molecule has 0 radical (unpaired) electrons. The number of carbonyl (C=O) groups excluding carboxylic acids is 1. The van der Waals surface area contributed by atoms with Gasteiger partial charge >= 0.3 is 0 Å². The van der Waals surface area contributed by atoms with Gasteiger partial charge < -0.3 is 24.3 Å². The Bertz CT molecular complexity index is 1000. The Hall–Kier alpha value is -3.29. The molecule has 0 aliphatic carbocycles. The number of amides is 1. The van der Waals surface area contributed by atoms with Gasteiger partial charge in [-0.1, -0.05) is 0 Å². The summed E-state index contributed by atoms with van der Waals surface area (Å²) in [6.07, 6.45) is 3.94. The second-order valence-electron chi connectivity index (χ2n) is 7.03. The Labute approximate surface area is 163 Å². The molecule has 3 aromatic rings. The van der Waals surface area contributed by atoms with E-state index in [2.05, 4.69) is 15.0 Å². The molecule has 3 heterocycles. The third-order valence-electron chi connectivity index (χ3n) is 4.84. The van der Waals surface area contributed by atoms with E-state index < -0.39 is 0 Å². The molecule has 146 valence electrons. The summed E-state index contributed by atoms with van der Waals surface area (Å²) in [5.41, 5.74) is 1.45. The number of hydrogen-bond acceptors (Lipinski definition) is 6. The summed E-state index contributed by atoms with van der Waals surface area (Å²) in [5.74, 6) is 1.93. The lowest BCUT2D eigenvalue weighted by atomic mass is 10.2. The van der Waals surface area contributed by atoms with E-state index in [9.17, 15) is 4.79 Å². The Morgan fingerprint density at radius 2 is 2.14 bits per heavy atom. The van der Waals surface area contributed by atoms with Crippen molar-refractivity contribution in [3.63, 3.8) is 0 Å². The molecule has 1 atom stereocenters. The van der Waals surface area contributed by atoms with Crippen molar-refractivity contribution in [3.05, 3.63) is 42.4 Å². The first-order valence-corrected chi connectivity index (χ1v) is 9.15. The van der Waals surface area contributed by atoms with Gasteiger partial charge in [-0.15, -0.1) is 0 Å². The highest BCUT2D eigenvalue weighted by atomic mass is 16.5. The molecular formula is C20H23N5O3. The first-order valence-electron chi connectivity index (χ1n) is 9.15. The third kappa shape index (κ3) is 3.58. The second kappa shape index (κ2) is 7.38. The van der Waals surface area contributed by atoms with Crippen molar-refractivity contribution < 1.29 is 14.3 Å². The summed E-state index contributed by atoms with van der Waals surface area (Å²) >= 11 is 0. The zero-order valence-electron chi connectivity index (χ0n) is 16.2. The fourth-order valence-corrected chi connectivity index (χ4v) is 3.31. The maximum Gasteiger partial charge on any atom is 0.270 e. The number of aromatic amines is 1. The van der Waals surface area contributed by atoms with Gasteiger partial charge in [0.05, 0.1) is 26.0 Å². The molecule has 1 unspecified atom stereocenters. The van der Waals surface area contributed by atoms with Crippen LogP contribution in [0.3, 0.4) is 0 Å². The van der Waals surface area contributed by atoms with Crippen molar-refractivity contribution in [2.45, 2.75) is 12.5 Å². The van der Waals surface area contributed by atoms with Crippen LogP contribution in [0.1, 0.15) is 16.9 Å². The Morgan fingerprint density at radius 1 is 1.29 bits per heavy atom. The van der Waals surface area contributed by atoms with Crippen LogP contribution in [0.4, 0.5) is 5.82 Å².